The fraction of sp³-hybridized carbons (Fsp3) is 0.158. The number of hydrazine groups is 1. The third-order valence-corrected chi connectivity index (χ3v) is 4.29. The van der Waals surface area contributed by atoms with Crippen molar-refractivity contribution in [3.05, 3.63) is 64.8 Å². The summed E-state index contributed by atoms with van der Waals surface area (Å²) < 4.78 is 5.20. The van der Waals surface area contributed by atoms with Crippen LogP contribution in [0.25, 0.3) is 10.9 Å². The number of benzene rings is 2. The number of hydrogen-bond donors (Lipinski definition) is 4. The molecule has 0 aliphatic rings. The summed E-state index contributed by atoms with van der Waals surface area (Å²) >= 11 is 5.86. The maximum Gasteiger partial charge on any atom is 0.271 e. The first-order valence-corrected chi connectivity index (χ1v) is 8.70. The molecule has 0 radical (unpaired) electrons. The molecule has 27 heavy (non-hydrogen) atoms. The molecule has 1 aromatic heterocycles. The van der Waals surface area contributed by atoms with Gasteiger partial charge in [0.2, 0.25) is 5.96 Å². The maximum absolute atomic E-state index is 12.4. The zero-order valence-corrected chi connectivity index (χ0v) is 15.5. The minimum absolute atomic E-state index is 0.134. The van der Waals surface area contributed by atoms with Crippen molar-refractivity contribution in [1.29, 1.82) is 0 Å². The molecule has 0 aliphatic heterocycles. The molecule has 7 nitrogen and oxygen atoms in total. The SMILES string of the molecule is COc1ccc2[nH]cc(C(=O)NNC(N)=NCCc3ccc(Cl)cc3)c2c1. The van der Waals surface area contributed by atoms with Crippen molar-refractivity contribution in [2.75, 3.05) is 13.7 Å². The van der Waals surface area contributed by atoms with E-state index in [1.807, 2.05) is 36.4 Å². The Balaban J connectivity index is 1.56. The summed E-state index contributed by atoms with van der Waals surface area (Å²) in [6, 6.07) is 13.0. The molecule has 0 unspecified atom stereocenters. The van der Waals surface area contributed by atoms with Crippen molar-refractivity contribution in [2.24, 2.45) is 10.7 Å². The van der Waals surface area contributed by atoms with Gasteiger partial charge in [-0.1, -0.05) is 23.7 Å². The number of nitrogens with one attached hydrogen (secondary N) is 3. The molecule has 3 aromatic rings. The number of carbonyl (C=O) groups is 1. The number of nitrogens with two attached hydrogens (primary N) is 1. The number of methoxy groups -OCH3 is 1. The fourth-order valence-corrected chi connectivity index (χ4v) is 2.72. The van der Waals surface area contributed by atoms with Crippen molar-refractivity contribution < 1.29 is 9.53 Å². The Morgan fingerprint density at radius 3 is 2.74 bits per heavy atom. The van der Waals surface area contributed by atoms with Crippen LogP contribution in [0.3, 0.4) is 0 Å². The van der Waals surface area contributed by atoms with Crippen LogP contribution >= 0.6 is 11.6 Å². The minimum Gasteiger partial charge on any atom is -0.497 e. The first-order valence-electron chi connectivity index (χ1n) is 8.32. The first kappa shape index (κ1) is 18.6. The zero-order chi connectivity index (χ0) is 19.2. The molecule has 0 atom stereocenters. The van der Waals surface area contributed by atoms with Gasteiger partial charge in [0.1, 0.15) is 5.75 Å². The van der Waals surface area contributed by atoms with Crippen LogP contribution < -0.4 is 21.3 Å². The number of amides is 1. The summed E-state index contributed by atoms with van der Waals surface area (Å²) in [5, 5.41) is 1.45. The third kappa shape index (κ3) is 4.71. The van der Waals surface area contributed by atoms with E-state index in [1.165, 1.54) is 0 Å². The number of H-pyrrole nitrogens is 1. The molecular formula is C19H20ClN5O2. The number of hydrogen-bond acceptors (Lipinski definition) is 3. The van der Waals surface area contributed by atoms with Crippen LogP contribution in [0.5, 0.6) is 5.75 Å². The number of carbonyl (C=O) groups excluding carboxylic acids is 1. The molecule has 0 saturated heterocycles. The van der Waals surface area contributed by atoms with E-state index < -0.39 is 0 Å². The monoisotopic (exact) mass is 385 g/mol. The van der Waals surface area contributed by atoms with Gasteiger partial charge in [-0.3, -0.25) is 20.6 Å². The summed E-state index contributed by atoms with van der Waals surface area (Å²) in [7, 11) is 1.58. The quantitative estimate of drug-likeness (QED) is 0.308. The van der Waals surface area contributed by atoms with E-state index in [4.69, 9.17) is 22.1 Å². The van der Waals surface area contributed by atoms with Crippen molar-refractivity contribution in [3.8, 4) is 5.75 Å². The average molecular weight is 386 g/mol. The normalized spacial score (nSPS) is 11.4. The van der Waals surface area contributed by atoms with Gasteiger partial charge in [-0.05, 0) is 42.3 Å². The highest BCUT2D eigenvalue weighted by molar-refractivity contribution is 6.30. The second-order valence-corrected chi connectivity index (χ2v) is 6.27. The number of ether oxygens (including phenoxy) is 1. The Morgan fingerprint density at radius 1 is 1.22 bits per heavy atom. The van der Waals surface area contributed by atoms with E-state index in [1.54, 1.807) is 19.4 Å². The molecule has 1 heterocycles. The standard InChI is InChI=1S/C19H20ClN5O2/c1-27-14-6-7-17-15(10-14)16(11-23-17)18(26)24-25-19(21)22-9-8-12-2-4-13(20)5-3-12/h2-7,10-11,23H,8-9H2,1H3,(H,24,26)(H3,21,22,25). The lowest BCUT2D eigenvalue weighted by molar-refractivity contribution is 0.0945. The summed E-state index contributed by atoms with van der Waals surface area (Å²) in [6.07, 6.45) is 2.35. The highest BCUT2D eigenvalue weighted by Crippen LogP contribution is 2.23. The number of halogens is 1. The van der Waals surface area contributed by atoms with Crippen LogP contribution in [0.15, 0.2) is 53.7 Å². The smallest absolute Gasteiger partial charge is 0.271 e. The maximum atomic E-state index is 12.4. The van der Waals surface area contributed by atoms with Gasteiger partial charge in [-0.2, -0.15) is 0 Å². The molecule has 140 valence electrons. The van der Waals surface area contributed by atoms with Crippen molar-refractivity contribution in [1.82, 2.24) is 15.8 Å². The van der Waals surface area contributed by atoms with E-state index in [0.717, 1.165) is 22.9 Å². The largest absolute Gasteiger partial charge is 0.497 e. The van der Waals surface area contributed by atoms with Gasteiger partial charge in [0.15, 0.2) is 0 Å². The van der Waals surface area contributed by atoms with Gasteiger partial charge in [-0.25, -0.2) is 0 Å². The number of aromatic nitrogens is 1. The third-order valence-electron chi connectivity index (χ3n) is 4.03. The van der Waals surface area contributed by atoms with Crippen molar-refractivity contribution in [3.63, 3.8) is 0 Å². The van der Waals surface area contributed by atoms with Gasteiger partial charge < -0.3 is 15.5 Å². The lowest BCUT2D eigenvalue weighted by Crippen LogP contribution is -2.45. The highest BCUT2D eigenvalue weighted by Gasteiger charge is 2.12. The summed E-state index contributed by atoms with van der Waals surface area (Å²) in [6.45, 7) is 0.487. The van der Waals surface area contributed by atoms with E-state index in [0.29, 0.717) is 22.9 Å². The second-order valence-electron chi connectivity index (χ2n) is 5.84. The van der Waals surface area contributed by atoms with Crippen LogP contribution in [0.4, 0.5) is 0 Å². The van der Waals surface area contributed by atoms with E-state index in [2.05, 4.69) is 20.8 Å². The Morgan fingerprint density at radius 2 is 2.00 bits per heavy atom. The predicted molar refractivity (Wildman–Crippen MR) is 107 cm³/mol. The van der Waals surface area contributed by atoms with Crippen LogP contribution in [0, 0.1) is 0 Å². The number of rotatable bonds is 5. The molecular weight excluding hydrogens is 366 g/mol. The van der Waals surface area contributed by atoms with E-state index in [-0.39, 0.29) is 11.9 Å². The summed E-state index contributed by atoms with van der Waals surface area (Å²) in [5.74, 6) is 0.479. The van der Waals surface area contributed by atoms with Gasteiger partial charge in [0.25, 0.3) is 5.91 Å². The Labute approximate surface area is 161 Å². The highest BCUT2D eigenvalue weighted by atomic mass is 35.5. The predicted octanol–water partition coefficient (Wildman–Crippen LogP) is 2.62. The molecule has 8 heteroatoms. The Bertz CT molecular complexity index is 966. The van der Waals surface area contributed by atoms with Crippen LogP contribution in [-0.2, 0) is 6.42 Å². The van der Waals surface area contributed by atoms with Gasteiger partial charge in [-0.15, -0.1) is 0 Å². The molecule has 2 aromatic carbocycles. The molecule has 0 aliphatic carbocycles. The molecule has 3 rings (SSSR count). The molecule has 1 amide bonds. The van der Waals surface area contributed by atoms with Crippen molar-refractivity contribution in [2.45, 2.75) is 6.42 Å². The Hall–Kier alpha value is -3.19. The van der Waals surface area contributed by atoms with Gasteiger partial charge in [0.05, 0.1) is 12.7 Å². The van der Waals surface area contributed by atoms with Crippen molar-refractivity contribution >= 4 is 34.4 Å². The van der Waals surface area contributed by atoms with Crippen LogP contribution in [-0.4, -0.2) is 30.5 Å². The Kier molecular flexibility index (Phi) is 5.83. The lowest BCUT2D eigenvalue weighted by Gasteiger charge is -2.07. The average Bonchev–Trinajstić information content (AvgIpc) is 3.10. The van der Waals surface area contributed by atoms with Crippen LogP contribution in [0.2, 0.25) is 5.02 Å². The summed E-state index contributed by atoms with van der Waals surface area (Å²) in [5.41, 5.74) is 13.4. The molecule has 0 fully saturated rings. The minimum atomic E-state index is -0.328. The molecule has 5 N–H and O–H groups in total. The number of aliphatic imine (C=N–C) groups is 1. The number of fused-ring (bicyclic) bond motifs is 1. The number of aromatic amines is 1. The van der Waals surface area contributed by atoms with Crippen LogP contribution in [0.1, 0.15) is 15.9 Å². The fourth-order valence-electron chi connectivity index (χ4n) is 2.60. The lowest BCUT2D eigenvalue weighted by atomic mass is 10.1. The van der Waals surface area contributed by atoms with E-state index >= 15 is 0 Å². The van der Waals surface area contributed by atoms with Gasteiger partial charge >= 0.3 is 0 Å². The first-order chi connectivity index (χ1) is 13.1. The molecule has 0 saturated carbocycles. The second kappa shape index (κ2) is 8.46. The molecule has 0 bridgehead atoms. The van der Waals surface area contributed by atoms with Gasteiger partial charge in [0, 0.05) is 28.7 Å². The summed E-state index contributed by atoms with van der Waals surface area (Å²) in [4.78, 5) is 19.6. The topological polar surface area (TPSA) is 105 Å². The number of nitrogens with zero attached hydrogens (tertiary/aromatic N) is 1. The number of guanidine groups is 1. The zero-order valence-electron chi connectivity index (χ0n) is 14.8. The van der Waals surface area contributed by atoms with E-state index in [9.17, 15) is 4.79 Å². The molecule has 0 spiro atoms.